The lowest BCUT2D eigenvalue weighted by molar-refractivity contribution is -0.153. The first-order valence-corrected chi connectivity index (χ1v) is 7.19. The summed E-state index contributed by atoms with van der Waals surface area (Å²) in [4.78, 5) is 11.7. The summed E-state index contributed by atoms with van der Waals surface area (Å²) in [5.41, 5.74) is 1.33. The van der Waals surface area contributed by atoms with Gasteiger partial charge in [-0.1, -0.05) is 0 Å². The number of ether oxygens (including phenoxy) is 3. The summed E-state index contributed by atoms with van der Waals surface area (Å²) in [5, 5.41) is 10.1. The number of fused-ring (bicyclic) bond motifs is 1. The third kappa shape index (κ3) is 2.62. The van der Waals surface area contributed by atoms with Crippen LogP contribution in [-0.4, -0.2) is 30.9 Å². The van der Waals surface area contributed by atoms with Gasteiger partial charge in [0.1, 0.15) is 6.10 Å². The van der Waals surface area contributed by atoms with Crippen molar-refractivity contribution in [1.82, 2.24) is 0 Å². The lowest BCUT2D eigenvalue weighted by atomic mass is 10.0. The molecule has 110 valence electrons. The van der Waals surface area contributed by atoms with Crippen LogP contribution in [0.4, 0.5) is 0 Å². The average Bonchev–Trinajstić information content (AvgIpc) is 2.81. The maximum Gasteiger partial charge on any atom is 0.339 e. The van der Waals surface area contributed by atoms with Gasteiger partial charge in [-0.2, -0.15) is 0 Å². The van der Waals surface area contributed by atoms with E-state index in [1.54, 1.807) is 13.0 Å². The number of benzene rings is 1. The Kier molecular flexibility index (Phi) is 4.55. The number of esters is 1. The molecule has 0 amide bonds. The first kappa shape index (κ1) is 15.1. The second-order valence-corrected chi connectivity index (χ2v) is 5.37. The molecule has 1 aromatic carbocycles. The molecule has 0 saturated heterocycles. The highest BCUT2D eigenvalue weighted by Crippen LogP contribution is 2.45. The summed E-state index contributed by atoms with van der Waals surface area (Å²) in [6, 6.07) is 1.60. The molecule has 0 radical (unpaired) electrons. The van der Waals surface area contributed by atoms with E-state index in [0.717, 1.165) is 5.56 Å². The molecule has 1 aromatic rings. The fraction of sp³-hybridized carbons (Fsp3) is 0.500. The first-order valence-electron chi connectivity index (χ1n) is 6.40. The molecule has 1 N–H and O–H groups in total. The molecule has 2 atom stereocenters. The molecular formula is C14H17BrO5. The molecule has 20 heavy (non-hydrogen) atoms. The fourth-order valence-corrected chi connectivity index (χ4v) is 2.91. The molecule has 0 fully saturated rings. The van der Waals surface area contributed by atoms with Gasteiger partial charge in [0.05, 0.1) is 13.7 Å². The molecule has 0 spiro atoms. The molecule has 2 unspecified atom stereocenters. The van der Waals surface area contributed by atoms with Crippen molar-refractivity contribution >= 4 is 21.9 Å². The largest absolute Gasteiger partial charge is 0.493 e. The topological polar surface area (TPSA) is 65.0 Å². The van der Waals surface area contributed by atoms with Crippen LogP contribution in [-0.2, 0) is 16.0 Å². The van der Waals surface area contributed by atoms with Gasteiger partial charge in [0.25, 0.3) is 0 Å². The molecule has 0 aromatic heterocycles. The normalized spacial score (nSPS) is 18.1. The van der Waals surface area contributed by atoms with Crippen LogP contribution in [0.15, 0.2) is 10.5 Å². The summed E-state index contributed by atoms with van der Waals surface area (Å²) in [5.74, 6) is 0.486. The Morgan fingerprint density at radius 2 is 2.35 bits per heavy atom. The Morgan fingerprint density at radius 1 is 1.65 bits per heavy atom. The van der Waals surface area contributed by atoms with Crippen LogP contribution in [0.25, 0.3) is 0 Å². The Morgan fingerprint density at radius 3 is 2.95 bits per heavy atom. The van der Waals surface area contributed by atoms with E-state index in [-0.39, 0.29) is 12.7 Å². The van der Waals surface area contributed by atoms with Gasteiger partial charge < -0.3 is 19.3 Å². The highest BCUT2D eigenvalue weighted by molar-refractivity contribution is 9.10. The van der Waals surface area contributed by atoms with Gasteiger partial charge in [-0.05, 0) is 35.8 Å². The Bertz CT molecular complexity index is 529. The average molecular weight is 345 g/mol. The third-order valence-corrected chi connectivity index (χ3v) is 4.07. The number of aliphatic hydroxyl groups excluding tert-OH is 1. The minimum atomic E-state index is -1.35. The second-order valence-electron chi connectivity index (χ2n) is 4.58. The minimum absolute atomic E-state index is 0.0326. The summed E-state index contributed by atoms with van der Waals surface area (Å²) < 4.78 is 16.5. The van der Waals surface area contributed by atoms with E-state index >= 15 is 0 Å². The standard InChI is InChI=1S/C14H17BrO5/c1-4-19-14(17)12(16)8-6-10(18-3)13-9(11(8)15)5-7(2)20-13/h6-7,12,16H,4-5H2,1-3H3. The van der Waals surface area contributed by atoms with Gasteiger partial charge in [0.2, 0.25) is 0 Å². The third-order valence-electron chi connectivity index (χ3n) is 3.14. The Hall–Kier alpha value is -1.27. The summed E-state index contributed by atoms with van der Waals surface area (Å²) in [6.45, 7) is 3.86. The molecule has 1 heterocycles. The number of rotatable bonds is 4. The van der Waals surface area contributed by atoms with Crippen LogP contribution < -0.4 is 9.47 Å². The van der Waals surface area contributed by atoms with Crippen molar-refractivity contribution in [1.29, 1.82) is 0 Å². The number of hydrogen-bond acceptors (Lipinski definition) is 5. The number of methoxy groups -OCH3 is 1. The molecule has 2 rings (SSSR count). The predicted octanol–water partition coefficient (Wildman–Crippen LogP) is 2.38. The molecule has 0 saturated carbocycles. The summed E-state index contributed by atoms with van der Waals surface area (Å²) in [7, 11) is 1.52. The molecule has 0 aliphatic carbocycles. The zero-order valence-electron chi connectivity index (χ0n) is 11.6. The highest BCUT2D eigenvalue weighted by Gasteiger charge is 2.31. The molecule has 1 aliphatic heterocycles. The summed E-state index contributed by atoms with van der Waals surface area (Å²) in [6.07, 6.45) is -0.625. The smallest absolute Gasteiger partial charge is 0.339 e. The predicted molar refractivity (Wildman–Crippen MR) is 76.1 cm³/mol. The molecule has 5 nitrogen and oxygen atoms in total. The van der Waals surface area contributed by atoms with Crippen molar-refractivity contribution in [3.8, 4) is 11.5 Å². The van der Waals surface area contributed by atoms with Gasteiger partial charge in [0, 0.05) is 22.0 Å². The quantitative estimate of drug-likeness (QED) is 0.849. The number of hydrogen-bond donors (Lipinski definition) is 1. The van der Waals surface area contributed by atoms with Gasteiger partial charge in [-0.15, -0.1) is 0 Å². The van der Waals surface area contributed by atoms with Crippen LogP contribution in [0.2, 0.25) is 0 Å². The zero-order chi connectivity index (χ0) is 14.9. The number of carbonyl (C=O) groups is 1. The van der Waals surface area contributed by atoms with E-state index in [1.165, 1.54) is 7.11 Å². The molecule has 1 aliphatic rings. The molecular weight excluding hydrogens is 328 g/mol. The van der Waals surface area contributed by atoms with E-state index in [4.69, 9.17) is 14.2 Å². The summed E-state index contributed by atoms with van der Waals surface area (Å²) >= 11 is 3.44. The monoisotopic (exact) mass is 344 g/mol. The fourth-order valence-electron chi connectivity index (χ4n) is 2.23. The molecule has 0 bridgehead atoms. The zero-order valence-corrected chi connectivity index (χ0v) is 13.2. The van der Waals surface area contributed by atoms with Crippen LogP contribution in [0, 0.1) is 0 Å². The SMILES string of the molecule is CCOC(=O)C(O)c1cc(OC)c2c(c1Br)CC(C)O2. The van der Waals surface area contributed by atoms with Crippen LogP contribution in [0.5, 0.6) is 11.5 Å². The van der Waals surface area contributed by atoms with Crippen LogP contribution in [0.3, 0.4) is 0 Å². The maximum absolute atomic E-state index is 11.7. The lowest BCUT2D eigenvalue weighted by Gasteiger charge is -2.16. The Labute approximate surface area is 126 Å². The van der Waals surface area contributed by atoms with Crippen molar-refractivity contribution < 1.29 is 24.1 Å². The second kappa shape index (κ2) is 6.01. The van der Waals surface area contributed by atoms with E-state index in [2.05, 4.69) is 15.9 Å². The lowest BCUT2D eigenvalue weighted by Crippen LogP contribution is -2.16. The van der Waals surface area contributed by atoms with Gasteiger partial charge >= 0.3 is 5.97 Å². The number of carbonyl (C=O) groups excluding carboxylic acids is 1. The van der Waals surface area contributed by atoms with E-state index in [1.807, 2.05) is 6.92 Å². The first-order chi connectivity index (χ1) is 9.49. The van der Waals surface area contributed by atoms with Crippen LogP contribution >= 0.6 is 15.9 Å². The van der Waals surface area contributed by atoms with Crippen molar-refractivity contribution in [3.05, 3.63) is 21.7 Å². The van der Waals surface area contributed by atoms with E-state index in [0.29, 0.717) is 28.0 Å². The number of aliphatic hydroxyl groups is 1. The minimum Gasteiger partial charge on any atom is -0.493 e. The van der Waals surface area contributed by atoms with Crippen molar-refractivity contribution in [2.75, 3.05) is 13.7 Å². The van der Waals surface area contributed by atoms with E-state index in [9.17, 15) is 9.90 Å². The van der Waals surface area contributed by atoms with Crippen molar-refractivity contribution in [2.45, 2.75) is 32.5 Å². The van der Waals surface area contributed by atoms with Crippen molar-refractivity contribution in [3.63, 3.8) is 0 Å². The van der Waals surface area contributed by atoms with Crippen molar-refractivity contribution in [2.24, 2.45) is 0 Å². The molecule has 6 heteroatoms. The Balaban J connectivity index is 2.45. The highest BCUT2D eigenvalue weighted by atomic mass is 79.9. The van der Waals surface area contributed by atoms with Gasteiger partial charge in [0.15, 0.2) is 17.6 Å². The number of halogens is 1. The maximum atomic E-state index is 11.7. The van der Waals surface area contributed by atoms with Gasteiger partial charge in [-0.25, -0.2) is 4.79 Å². The van der Waals surface area contributed by atoms with Crippen LogP contribution in [0.1, 0.15) is 31.1 Å². The van der Waals surface area contributed by atoms with E-state index < -0.39 is 12.1 Å². The van der Waals surface area contributed by atoms with Gasteiger partial charge in [-0.3, -0.25) is 0 Å².